The second-order valence-corrected chi connectivity index (χ2v) is 4.09. The van der Waals surface area contributed by atoms with Crippen LogP contribution in [0.3, 0.4) is 0 Å². The summed E-state index contributed by atoms with van der Waals surface area (Å²) in [5, 5.41) is 8.23. The number of allylic oxidation sites excluding steroid dienone is 1. The summed E-state index contributed by atoms with van der Waals surface area (Å²) in [6, 6.07) is 10.1. The first-order valence-electron chi connectivity index (χ1n) is 4.58. The Hall–Kier alpha value is -1.17. The number of nitrogens with zero attached hydrogens (tertiary/aromatic N) is 3. The van der Waals surface area contributed by atoms with E-state index >= 15 is 0 Å². The SMILES string of the molecule is C=CCn1nnc(-c2ccccc2)c1I. The second-order valence-electron chi connectivity index (χ2n) is 3.07. The zero-order valence-corrected chi connectivity index (χ0v) is 10.3. The fourth-order valence-electron chi connectivity index (χ4n) is 1.31. The van der Waals surface area contributed by atoms with Crippen LogP contribution in [-0.4, -0.2) is 15.0 Å². The third kappa shape index (κ3) is 2.09. The Morgan fingerprint density at radius 1 is 1.33 bits per heavy atom. The summed E-state index contributed by atoms with van der Waals surface area (Å²) in [4.78, 5) is 0. The summed E-state index contributed by atoms with van der Waals surface area (Å²) in [5.41, 5.74) is 2.02. The van der Waals surface area contributed by atoms with E-state index in [-0.39, 0.29) is 0 Å². The first-order chi connectivity index (χ1) is 7.33. The number of benzene rings is 1. The highest BCUT2D eigenvalue weighted by Crippen LogP contribution is 2.21. The van der Waals surface area contributed by atoms with Gasteiger partial charge >= 0.3 is 0 Å². The van der Waals surface area contributed by atoms with E-state index < -0.39 is 0 Å². The summed E-state index contributed by atoms with van der Waals surface area (Å²) >= 11 is 2.25. The molecule has 0 atom stereocenters. The molecule has 1 aromatic carbocycles. The summed E-state index contributed by atoms with van der Waals surface area (Å²) in [7, 11) is 0. The number of halogens is 1. The van der Waals surface area contributed by atoms with Crippen molar-refractivity contribution in [2.75, 3.05) is 0 Å². The molecule has 0 aliphatic rings. The lowest BCUT2D eigenvalue weighted by atomic mass is 10.2. The minimum Gasteiger partial charge on any atom is -0.235 e. The lowest BCUT2D eigenvalue weighted by Crippen LogP contribution is -1.99. The maximum absolute atomic E-state index is 4.16. The smallest absolute Gasteiger partial charge is 0.127 e. The van der Waals surface area contributed by atoms with Crippen LogP contribution in [0.1, 0.15) is 0 Å². The van der Waals surface area contributed by atoms with Crippen molar-refractivity contribution in [3.05, 3.63) is 46.7 Å². The van der Waals surface area contributed by atoms with Crippen molar-refractivity contribution < 1.29 is 0 Å². The van der Waals surface area contributed by atoms with Gasteiger partial charge in [0.25, 0.3) is 0 Å². The van der Waals surface area contributed by atoms with Crippen molar-refractivity contribution >= 4 is 22.6 Å². The first-order valence-corrected chi connectivity index (χ1v) is 5.66. The molecule has 15 heavy (non-hydrogen) atoms. The molecule has 1 heterocycles. The molecule has 0 amide bonds. The van der Waals surface area contributed by atoms with Crippen LogP contribution in [0.4, 0.5) is 0 Å². The molecule has 0 bridgehead atoms. The predicted molar refractivity (Wildman–Crippen MR) is 68.4 cm³/mol. The lowest BCUT2D eigenvalue weighted by Gasteiger charge is -1.98. The summed E-state index contributed by atoms with van der Waals surface area (Å²) < 4.78 is 2.87. The van der Waals surface area contributed by atoms with E-state index in [0.717, 1.165) is 15.0 Å². The van der Waals surface area contributed by atoms with E-state index in [0.29, 0.717) is 6.54 Å². The van der Waals surface area contributed by atoms with Crippen LogP contribution >= 0.6 is 22.6 Å². The molecular weight excluding hydrogens is 301 g/mol. The van der Waals surface area contributed by atoms with Gasteiger partial charge in [0.1, 0.15) is 9.39 Å². The number of aromatic nitrogens is 3. The van der Waals surface area contributed by atoms with Crippen molar-refractivity contribution in [3.63, 3.8) is 0 Å². The molecule has 0 aliphatic carbocycles. The molecule has 1 aromatic heterocycles. The van der Waals surface area contributed by atoms with E-state index in [1.54, 1.807) is 0 Å². The van der Waals surface area contributed by atoms with E-state index in [4.69, 9.17) is 0 Å². The average molecular weight is 311 g/mol. The molecule has 4 heteroatoms. The molecule has 0 radical (unpaired) electrons. The Kier molecular flexibility index (Phi) is 3.15. The number of hydrogen-bond donors (Lipinski definition) is 0. The zero-order valence-electron chi connectivity index (χ0n) is 8.10. The van der Waals surface area contributed by atoms with Gasteiger partial charge in [-0.3, -0.25) is 0 Å². The van der Waals surface area contributed by atoms with Gasteiger partial charge in [0.15, 0.2) is 0 Å². The molecule has 0 spiro atoms. The molecule has 0 saturated heterocycles. The molecule has 2 aromatic rings. The minimum absolute atomic E-state index is 0.693. The minimum atomic E-state index is 0.693. The maximum atomic E-state index is 4.16. The van der Waals surface area contributed by atoms with Gasteiger partial charge in [-0.15, -0.1) is 11.7 Å². The van der Waals surface area contributed by atoms with Crippen LogP contribution in [0.25, 0.3) is 11.3 Å². The Balaban J connectivity index is 2.42. The monoisotopic (exact) mass is 311 g/mol. The van der Waals surface area contributed by atoms with Crippen molar-refractivity contribution in [2.45, 2.75) is 6.54 Å². The van der Waals surface area contributed by atoms with Crippen LogP contribution in [0.5, 0.6) is 0 Å². The van der Waals surface area contributed by atoms with Gasteiger partial charge in [0, 0.05) is 5.56 Å². The van der Waals surface area contributed by atoms with Crippen LogP contribution < -0.4 is 0 Å². The molecule has 76 valence electrons. The molecule has 0 saturated carbocycles. The predicted octanol–water partition coefficient (Wildman–Crippen LogP) is 2.74. The van der Waals surface area contributed by atoms with Gasteiger partial charge in [-0.2, -0.15) is 0 Å². The van der Waals surface area contributed by atoms with Gasteiger partial charge in [-0.25, -0.2) is 4.68 Å². The molecule has 0 fully saturated rings. The average Bonchev–Trinajstić information content (AvgIpc) is 2.63. The highest BCUT2D eigenvalue weighted by Gasteiger charge is 2.10. The van der Waals surface area contributed by atoms with Crippen molar-refractivity contribution in [1.82, 2.24) is 15.0 Å². The van der Waals surface area contributed by atoms with Crippen molar-refractivity contribution in [3.8, 4) is 11.3 Å². The Bertz CT molecular complexity index is 462. The number of rotatable bonds is 3. The van der Waals surface area contributed by atoms with Crippen LogP contribution in [0.15, 0.2) is 43.0 Å². The van der Waals surface area contributed by atoms with Gasteiger partial charge in [0.05, 0.1) is 6.54 Å². The second kappa shape index (κ2) is 4.57. The van der Waals surface area contributed by atoms with Gasteiger partial charge in [-0.1, -0.05) is 41.6 Å². The normalized spacial score (nSPS) is 10.2. The van der Waals surface area contributed by atoms with Gasteiger partial charge < -0.3 is 0 Å². The van der Waals surface area contributed by atoms with Crippen LogP contribution in [-0.2, 0) is 6.54 Å². The molecule has 0 aliphatic heterocycles. The van der Waals surface area contributed by atoms with Crippen molar-refractivity contribution in [1.29, 1.82) is 0 Å². The third-order valence-corrected chi connectivity index (χ3v) is 3.09. The Labute approximate surface area is 102 Å². The third-order valence-electron chi connectivity index (χ3n) is 2.02. The Morgan fingerprint density at radius 3 is 2.73 bits per heavy atom. The lowest BCUT2D eigenvalue weighted by molar-refractivity contribution is 0.649. The fraction of sp³-hybridized carbons (Fsp3) is 0.0909. The van der Waals surface area contributed by atoms with E-state index in [9.17, 15) is 0 Å². The van der Waals surface area contributed by atoms with E-state index in [2.05, 4.69) is 39.5 Å². The quantitative estimate of drug-likeness (QED) is 0.644. The molecule has 0 unspecified atom stereocenters. The van der Waals surface area contributed by atoms with Crippen molar-refractivity contribution in [2.24, 2.45) is 0 Å². The maximum Gasteiger partial charge on any atom is 0.127 e. The zero-order chi connectivity index (χ0) is 10.7. The van der Waals surface area contributed by atoms with Crippen LogP contribution in [0.2, 0.25) is 0 Å². The molecule has 2 rings (SSSR count). The molecule has 3 nitrogen and oxygen atoms in total. The van der Waals surface area contributed by atoms with E-state index in [1.807, 2.05) is 41.1 Å². The van der Waals surface area contributed by atoms with Gasteiger partial charge in [0.2, 0.25) is 0 Å². The topological polar surface area (TPSA) is 30.7 Å². The largest absolute Gasteiger partial charge is 0.235 e. The highest BCUT2D eigenvalue weighted by molar-refractivity contribution is 14.1. The summed E-state index contributed by atoms with van der Waals surface area (Å²) in [6.07, 6.45) is 1.81. The summed E-state index contributed by atoms with van der Waals surface area (Å²) in [6.45, 7) is 4.38. The fourth-order valence-corrected chi connectivity index (χ4v) is 2.03. The van der Waals surface area contributed by atoms with E-state index in [1.165, 1.54) is 0 Å². The first kappa shape index (κ1) is 10.4. The van der Waals surface area contributed by atoms with Crippen LogP contribution in [0, 0.1) is 3.70 Å². The highest BCUT2D eigenvalue weighted by atomic mass is 127. The standard InChI is InChI=1S/C11H10IN3/c1-2-8-15-11(12)10(13-14-15)9-6-4-3-5-7-9/h2-7H,1,8H2. The number of hydrogen-bond acceptors (Lipinski definition) is 2. The molecule has 0 N–H and O–H groups in total. The molecular formula is C11H10IN3. The Morgan fingerprint density at radius 2 is 2.07 bits per heavy atom. The van der Waals surface area contributed by atoms with Gasteiger partial charge in [-0.05, 0) is 22.6 Å². The summed E-state index contributed by atoms with van der Waals surface area (Å²) in [5.74, 6) is 0.